The van der Waals surface area contributed by atoms with Gasteiger partial charge in [0, 0.05) is 24.4 Å². The van der Waals surface area contributed by atoms with Crippen LogP contribution in [0.5, 0.6) is 5.75 Å². The van der Waals surface area contributed by atoms with E-state index in [1.807, 2.05) is 30.3 Å². The highest BCUT2D eigenvalue weighted by Crippen LogP contribution is 2.29. The summed E-state index contributed by atoms with van der Waals surface area (Å²) >= 11 is 0. The summed E-state index contributed by atoms with van der Waals surface area (Å²) < 4.78 is 5.08. The Labute approximate surface area is 129 Å². The number of rotatable bonds is 3. The SMILES string of the molecule is COc1ccc(C(=O)N2C[C@@H](c3ccccc3)CC2=O)cc1. The minimum atomic E-state index is -0.244. The Morgan fingerprint density at radius 3 is 2.41 bits per heavy atom. The summed E-state index contributed by atoms with van der Waals surface area (Å²) in [6.07, 6.45) is 0.381. The molecular formula is C18H17NO3. The van der Waals surface area contributed by atoms with Crippen molar-refractivity contribution >= 4 is 11.8 Å². The molecule has 2 aromatic rings. The molecule has 2 aromatic carbocycles. The number of ether oxygens (including phenoxy) is 1. The van der Waals surface area contributed by atoms with Gasteiger partial charge in [0.1, 0.15) is 5.75 Å². The largest absolute Gasteiger partial charge is 0.497 e. The van der Waals surface area contributed by atoms with Crippen LogP contribution in [0.1, 0.15) is 28.3 Å². The second kappa shape index (κ2) is 6.02. The standard InChI is InChI=1S/C18H17NO3/c1-22-16-9-7-14(8-10-16)18(21)19-12-15(11-17(19)20)13-5-3-2-4-6-13/h2-10,15H,11-12H2,1H3/t15-/m0/s1. The van der Waals surface area contributed by atoms with Crippen molar-refractivity contribution in [2.24, 2.45) is 0 Å². The molecule has 2 amide bonds. The zero-order chi connectivity index (χ0) is 15.5. The van der Waals surface area contributed by atoms with Crippen molar-refractivity contribution in [2.75, 3.05) is 13.7 Å². The molecule has 4 nitrogen and oxygen atoms in total. The maximum atomic E-state index is 12.5. The maximum Gasteiger partial charge on any atom is 0.260 e. The van der Waals surface area contributed by atoms with Gasteiger partial charge in [0.25, 0.3) is 5.91 Å². The molecule has 0 saturated carbocycles. The number of benzene rings is 2. The highest BCUT2D eigenvalue weighted by Gasteiger charge is 2.34. The van der Waals surface area contributed by atoms with E-state index in [1.54, 1.807) is 31.4 Å². The van der Waals surface area contributed by atoms with Crippen LogP contribution >= 0.6 is 0 Å². The third-order valence-corrected chi connectivity index (χ3v) is 3.98. The number of likely N-dealkylation sites (tertiary alicyclic amines) is 1. The summed E-state index contributed by atoms with van der Waals surface area (Å²) in [6.45, 7) is 0.438. The highest BCUT2D eigenvalue weighted by atomic mass is 16.5. The molecule has 1 heterocycles. The van der Waals surface area contributed by atoms with Crippen LogP contribution in [0.2, 0.25) is 0 Å². The van der Waals surface area contributed by atoms with E-state index in [0.717, 1.165) is 5.56 Å². The molecule has 1 saturated heterocycles. The molecule has 4 heteroatoms. The summed E-state index contributed by atoms with van der Waals surface area (Å²) in [7, 11) is 1.57. The molecule has 0 aliphatic carbocycles. The Morgan fingerprint density at radius 2 is 1.77 bits per heavy atom. The average Bonchev–Trinajstić information content (AvgIpc) is 2.97. The van der Waals surface area contributed by atoms with Crippen LogP contribution < -0.4 is 4.74 Å². The number of methoxy groups -OCH3 is 1. The molecule has 3 rings (SSSR count). The first kappa shape index (κ1) is 14.3. The smallest absolute Gasteiger partial charge is 0.260 e. The van der Waals surface area contributed by atoms with Crippen LogP contribution in [0, 0.1) is 0 Å². The highest BCUT2D eigenvalue weighted by molar-refractivity contribution is 6.06. The predicted molar refractivity (Wildman–Crippen MR) is 82.8 cm³/mol. The van der Waals surface area contributed by atoms with Crippen LogP contribution in [0.25, 0.3) is 0 Å². The van der Waals surface area contributed by atoms with E-state index in [-0.39, 0.29) is 17.7 Å². The number of carbonyl (C=O) groups is 2. The van der Waals surface area contributed by atoms with Gasteiger partial charge in [0.15, 0.2) is 0 Å². The average molecular weight is 295 g/mol. The molecular weight excluding hydrogens is 278 g/mol. The quantitative estimate of drug-likeness (QED) is 0.818. The lowest BCUT2D eigenvalue weighted by Crippen LogP contribution is -2.32. The summed E-state index contributed by atoms with van der Waals surface area (Å²) in [5.41, 5.74) is 1.60. The molecule has 0 unspecified atom stereocenters. The molecule has 1 fully saturated rings. The fourth-order valence-corrected chi connectivity index (χ4v) is 2.74. The second-order valence-corrected chi connectivity index (χ2v) is 5.35. The van der Waals surface area contributed by atoms with E-state index >= 15 is 0 Å². The minimum Gasteiger partial charge on any atom is -0.497 e. The number of imide groups is 1. The third-order valence-electron chi connectivity index (χ3n) is 3.98. The molecule has 1 aliphatic rings. The van der Waals surface area contributed by atoms with Crippen LogP contribution in [0.3, 0.4) is 0 Å². The lowest BCUT2D eigenvalue weighted by molar-refractivity contribution is -0.125. The van der Waals surface area contributed by atoms with Gasteiger partial charge in [-0.25, -0.2) is 0 Å². The number of carbonyl (C=O) groups excluding carboxylic acids is 2. The molecule has 22 heavy (non-hydrogen) atoms. The number of amides is 2. The van der Waals surface area contributed by atoms with Crippen LogP contribution in [-0.4, -0.2) is 30.4 Å². The summed E-state index contributed by atoms with van der Waals surface area (Å²) in [5.74, 6) is 0.406. The van der Waals surface area contributed by atoms with Gasteiger partial charge in [-0.15, -0.1) is 0 Å². The van der Waals surface area contributed by atoms with Gasteiger partial charge >= 0.3 is 0 Å². The van der Waals surface area contributed by atoms with E-state index in [1.165, 1.54) is 4.90 Å². The van der Waals surface area contributed by atoms with Gasteiger partial charge in [0.05, 0.1) is 7.11 Å². The monoisotopic (exact) mass is 295 g/mol. The predicted octanol–water partition coefficient (Wildman–Crippen LogP) is 2.85. The number of nitrogens with zero attached hydrogens (tertiary/aromatic N) is 1. The maximum absolute atomic E-state index is 12.5. The summed E-state index contributed by atoms with van der Waals surface area (Å²) in [6, 6.07) is 16.7. The van der Waals surface area contributed by atoms with Gasteiger partial charge in [-0.3, -0.25) is 14.5 Å². The first-order valence-electron chi connectivity index (χ1n) is 7.22. The molecule has 0 bridgehead atoms. The Kier molecular flexibility index (Phi) is 3.92. The van der Waals surface area contributed by atoms with Gasteiger partial charge in [0.2, 0.25) is 5.91 Å². The fourth-order valence-electron chi connectivity index (χ4n) is 2.74. The van der Waals surface area contributed by atoms with Crippen molar-refractivity contribution in [1.29, 1.82) is 0 Å². The summed E-state index contributed by atoms with van der Waals surface area (Å²) in [4.78, 5) is 26.0. The van der Waals surface area contributed by atoms with Gasteiger partial charge < -0.3 is 4.74 Å². The second-order valence-electron chi connectivity index (χ2n) is 5.35. The zero-order valence-electron chi connectivity index (χ0n) is 12.4. The minimum absolute atomic E-state index is 0.0795. The topological polar surface area (TPSA) is 46.6 Å². The third kappa shape index (κ3) is 2.72. The lowest BCUT2D eigenvalue weighted by atomic mass is 9.98. The first-order chi connectivity index (χ1) is 10.7. The molecule has 0 spiro atoms. The Hall–Kier alpha value is -2.62. The van der Waals surface area contributed by atoms with Gasteiger partial charge in [-0.2, -0.15) is 0 Å². The molecule has 0 N–H and O–H groups in total. The van der Waals surface area contributed by atoms with Crippen molar-refractivity contribution in [3.05, 3.63) is 65.7 Å². The van der Waals surface area contributed by atoms with Crippen molar-refractivity contribution in [3.63, 3.8) is 0 Å². The van der Waals surface area contributed by atoms with Crippen LogP contribution in [0.4, 0.5) is 0 Å². The zero-order valence-corrected chi connectivity index (χ0v) is 12.4. The molecule has 0 aromatic heterocycles. The fraction of sp³-hybridized carbons (Fsp3) is 0.222. The van der Waals surface area contributed by atoms with Gasteiger partial charge in [-0.05, 0) is 29.8 Å². The lowest BCUT2D eigenvalue weighted by Gasteiger charge is -2.15. The van der Waals surface area contributed by atoms with Crippen LogP contribution in [0.15, 0.2) is 54.6 Å². The molecule has 1 aliphatic heterocycles. The Bertz CT molecular complexity index is 679. The van der Waals surface area contributed by atoms with E-state index in [0.29, 0.717) is 24.3 Å². The molecule has 112 valence electrons. The van der Waals surface area contributed by atoms with Crippen molar-refractivity contribution < 1.29 is 14.3 Å². The molecule has 1 atom stereocenters. The summed E-state index contributed by atoms with van der Waals surface area (Å²) in [5, 5.41) is 0. The van der Waals surface area contributed by atoms with E-state index in [9.17, 15) is 9.59 Å². The van der Waals surface area contributed by atoms with Crippen LogP contribution in [-0.2, 0) is 4.79 Å². The van der Waals surface area contributed by atoms with Crippen molar-refractivity contribution in [1.82, 2.24) is 4.90 Å². The normalized spacial score (nSPS) is 17.6. The van der Waals surface area contributed by atoms with Crippen molar-refractivity contribution in [2.45, 2.75) is 12.3 Å². The van der Waals surface area contributed by atoms with E-state index < -0.39 is 0 Å². The van der Waals surface area contributed by atoms with E-state index in [4.69, 9.17) is 4.74 Å². The van der Waals surface area contributed by atoms with E-state index in [2.05, 4.69) is 0 Å². The first-order valence-corrected chi connectivity index (χ1v) is 7.22. The number of hydrogen-bond acceptors (Lipinski definition) is 3. The Morgan fingerprint density at radius 1 is 1.09 bits per heavy atom. The van der Waals surface area contributed by atoms with Gasteiger partial charge in [-0.1, -0.05) is 30.3 Å². The number of hydrogen-bond donors (Lipinski definition) is 0. The van der Waals surface area contributed by atoms with Crippen molar-refractivity contribution in [3.8, 4) is 5.75 Å². The Balaban J connectivity index is 1.77. The molecule has 0 radical (unpaired) electrons.